The third kappa shape index (κ3) is 3.41. The van der Waals surface area contributed by atoms with E-state index in [1.54, 1.807) is 6.92 Å². The molecular weight excluding hydrogens is 262 g/mol. The lowest BCUT2D eigenvalue weighted by molar-refractivity contribution is 0.597. The molecule has 6 heteroatoms. The molecule has 1 aromatic heterocycles. The van der Waals surface area contributed by atoms with Crippen molar-refractivity contribution in [2.24, 2.45) is 0 Å². The van der Waals surface area contributed by atoms with Gasteiger partial charge in [0.25, 0.3) is 0 Å². The molecule has 0 saturated heterocycles. The maximum absolute atomic E-state index is 11.4. The Morgan fingerprint density at radius 1 is 1.16 bits per heavy atom. The number of nitrogens with one attached hydrogen (secondary N) is 1. The van der Waals surface area contributed by atoms with Crippen molar-refractivity contribution in [1.82, 2.24) is 9.97 Å². The van der Waals surface area contributed by atoms with Crippen LogP contribution in [0.2, 0.25) is 0 Å². The SMILES string of the molecule is CCS(=O)(=O)CCNc1nc2ccccc2nc1C. The van der Waals surface area contributed by atoms with Crippen LogP contribution in [0, 0.1) is 6.92 Å². The van der Waals surface area contributed by atoms with Crippen LogP contribution in [0.3, 0.4) is 0 Å². The molecule has 0 saturated carbocycles. The van der Waals surface area contributed by atoms with Gasteiger partial charge in [-0.2, -0.15) is 0 Å². The predicted molar refractivity (Wildman–Crippen MR) is 77.1 cm³/mol. The van der Waals surface area contributed by atoms with Crippen molar-refractivity contribution in [2.45, 2.75) is 13.8 Å². The van der Waals surface area contributed by atoms with E-state index in [0.29, 0.717) is 12.4 Å². The van der Waals surface area contributed by atoms with Crippen LogP contribution in [-0.4, -0.2) is 36.4 Å². The van der Waals surface area contributed by atoms with Crippen molar-refractivity contribution in [3.63, 3.8) is 0 Å². The molecule has 0 spiro atoms. The summed E-state index contributed by atoms with van der Waals surface area (Å²) >= 11 is 0. The lowest BCUT2D eigenvalue weighted by Gasteiger charge is -2.09. The summed E-state index contributed by atoms with van der Waals surface area (Å²) in [5, 5.41) is 3.04. The summed E-state index contributed by atoms with van der Waals surface area (Å²) in [5.41, 5.74) is 2.41. The van der Waals surface area contributed by atoms with Gasteiger partial charge in [-0.15, -0.1) is 0 Å². The molecular formula is C13H17N3O2S. The van der Waals surface area contributed by atoms with Crippen LogP contribution < -0.4 is 5.32 Å². The lowest BCUT2D eigenvalue weighted by Crippen LogP contribution is -2.18. The van der Waals surface area contributed by atoms with Gasteiger partial charge in [0.1, 0.15) is 5.82 Å². The maximum atomic E-state index is 11.4. The molecule has 5 nitrogen and oxygen atoms in total. The number of para-hydroxylation sites is 2. The van der Waals surface area contributed by atoms with E-state index in [4.69, 9.17) is 0 Å². The molecule has 0 unspecified atom stereocenters. The zero-order valence-corrected chi connectivity index (χ0v) is 11.9. The van der Waals surface area contributed by atoms with Crippen LogP contribution in [0.15, 0.2) is 24.3 Å². The van der Waals surface area contributed by atoms with Crippen molar-refractivity contribution in [2.75, 3.05) is 23.4 Å². The number of rotatable bonds is 5. The van der Waals surface area contributed by atoms with Gasteiger partial charge in [-0.05, 0) is 19.1 Å². The van der Waals surface area contributed by atoms with Gasteiger partial charge in [-0.1, -0.05) is 19.1 Å². The summed E-state index contributed by atoms with van der Waals surface area (Å²) in [6.07, 6.45) is 0. The van der Waals surface area contributed by atoms with E-state index < -0.39 is 9.84 Å². The van der Waals surface area contributed by atoms with E-state index >= 15 is 0 Å². The summed E-state index contributed by atoms with van der Waals surface area (Å²) in [4.78, 5) is 8.89. The maximum Gasteiger partial charge on any atom is 0.151 e. The predicted octanol–water partition coefficient (Wildman–Crippen LogP) is 1.78. The van der Waals surface area contributed by atoms with Crippen LogP contribution >= 0.6 is 0 Å². The number of anilines is 1. The molecule has 102 valence electrons. The quantitative estimate of drug-likeness (QED) is 0.903. The van der Waals surface area contributed by atoms with Crippen molar-refractivity contribution in [3.8, 4) is 0 Å². The molecule has 2 aromatic rings. The first kappa shape index (κ1) is 13.7. The minimum atomic E-state index is -2.96. The molecule has 0 aliphatic rings. The standard InChI is InChI=1S/C13H17N3O2S/c1-3-19(17,18)9-8-14-13-10(2)15-11-6-4-5-7-12(11)16-13/h4-7H,3,8-9H2,1-2H3,(H,14,16). The topological polar surface area (TPSA) is 72.0 Å². The molecule has 1 aromatic carbocycles. The summed E-state index contributed by atoms with van der Waals surface area (Å²) in [7, 11) is -2.96. The highest BCUT2D eigenvalue weighted by atomic mass is 32.2. The molecule has 0 amide bonds. The Morgan fingerprint density at radius 3 is 2.42 bits per heavy atom. The van der Waals surface area contributed by atoms with Gasteiger partial charge in [0.15, 0.2) is 9.84 Å². The number of aryl methyl sites for hydroxylation is 1. The van der Waals surface area contributed by atoms with Crippen molar-refractivity contribution >= 4 is 26.7 Å². The summed E-state index contributed by atoms with van der Waals surface area (Å²) in [6, 6.07) is 7.60. The molecule has 0 fully saturated rings. The van der Waals surface area contributed by atoms with Crippen LogP contribution in [-0.2, 0) is 9.84 Å². The second-order valence-electron chi connectivity index (χ2n) is 4.31. The number of fused-ring (bicyclic) bond motifs is 1. The third-order valence-corrected chi connectivity index (χ3v) is 4.60. The van der Waals surface area contributed by atoms with Gasteiger partial charge in [-0.25, -0.2) is 18.4 Å². The van der Waals surface area contributed by atoms with E-state index in [-0.39, 0.29) is 11.5 Å². The van der Waals surface area contributed by atoms with E-state index in [9.17, 15) is 8.42 Å². The highest BCUT2D eigenvalue weighted by molar-refractivity contribution is 7.91. The second-order valence-corrected chi connectivity index (χ2v) is 6.78. The zero-order chi connectivity index (χ0) is 13.9. The molecule has 0 bridgehead atoms. The lowest BCUT2D eigenvalue weighted by atomic mass is 10.3. The Morgan fingerprint density at radius 2 is 1.79 bits per heavy atom. The Bertz CT molecular complexity index is 683. The van der Waals surface area contributed by atoms with Gasteiger partial charge < -0.3 is 5.32 Å². The minimum absolute atomic E-state index is 0.109. The van der Waals surface area contributed by atoms with Gasteiger partial charge in [-0.3, -0.25) is 0 Å². The third-order valence-electron chi connectivity index (χ3n) is 2.89. The van der Waals surface area contributed by atoms with E-state index in [1.807, 2.05) is 31.2 Å². The second kappa shape index (κ2) is 5.52. The Labute approximate surface area is 113 Å². The average molecular weight is 279 g/mol. The molecule has 0 aliphatic carbocycles. The van der Waals surface area contributed by atoms with Crippen molar-refractivity contribution < 1.29 is 8.42 Å². The molecule has 2 rings (SSSR count). The van der Waals surface area contributed by atoms with Gasteiger partial charge >= 0.3 is 0 Å². The molecule has 0 aliphatic heterocycles. The van der Waals surface area contributed by atoms with Crippen LogP contribution in [0.5, 0.6) is 0 Å². The van der Waals surface area contributed by atoms with Crippen LogP contribution in [0.4, 0.5) is 5.82 Å². The van der Waals surface area contributed by atoms with Gasteiger partial charge in [0.2, 0.25) is 0 Å². The molecule has 19 heavy (non-hydrogen) atoms. The number of sulfone groups is 1. The Hall–Kier alpha value is -1.69. The molecule has 1 heterocycles. The monoisotopic (exact) mass is 279 g/mol. The number of aromatic nitrogens is 2. The highest BCUT2D eigenvalue weighted by Gasteiger charge is 2.08. The van der Waals surface area contributed by atoms with E-state index in [1.165, 1.54) is 0 Å². The first-order valence-corrected chi connectivity index (χ1v) is 8.01. The van der Waals surface area contributed by atoms with E-state index in [2.05, 4.69) is 15.3 Å². The Balaban J connectivity index is 2.15. The van der Waals surface area contributed by atoms with Crippen LogP contribution in [0.1, 0.15) is 12.6 Å². The fraction of sp³-hybridized carbons (Fsp3) is 0.385. The summed E-state index contributed by atoms with van der Waals surface area (Å²) < 4.78 is 22.8. The normalized spacial score (nSPS) is 11.7. The van der Waals surface area contributed by atoms with Crippen molar-refractivity contribution in [1.29, 1.82) is 0 Å². The summed E-state index contributed by atoms with van der Waals surface area (Å²) in [6.45, 7) is 3.86. The minimum Gasteiger partial charge on any atom is -0.368 e. The first-order chi connectivity index (χ1) is 9.02. The fourth-order valence-electron chi connectivity index (χ4n) is 1.72. The smallest absolute Gasteiger partial charge is 0.151 e. The van der Waals surface area contributed by atoms with E-state index in [0.717, 1.165) is 16.7 Å². The molecule has 0 atom stereocenters. The largest absolute Gasteiger partial charge is 0.368 e. The number of hydrogen-bond acceptors (Lipinski definition) is 5. The average Bonchev–Trinajstić information content (AvgIpc) is 2.39. The number of hydrogen-bond donors (Lipinski definition) is 1. The first-order valence-electron chi connectivity index (χ1n) is 6.19. The Kier molecular flexibility index (Phi) is 3.99. The van der Waals surface area contributed by atoms with Crippen molar-refractivity contribution in [3.05, 3.63) is 30.0 Å². The highest BCUT2D eigenvalue weighted by Crippen LogP contribution is 2.15. The van der Waals surface area contributed by atoms with Gasteiger partial charge in [0, 0.05) is 12.3 Å². The summed E-state index contributed by atoms with van der Waals surface area (Å²) in [5.74, 6) is 0.916. The fourth-order valence-corrected chi connectivity index (χ4v) is 2.43. The number of benzene rings is 1. The zero-order valence-electron chi connectivity index (χ0n) is 11.0. The van der Waals surface area contributed by atoms with Crippen LogP contribution in [0.25, 0.3) is 11.0 Å². The van der Waals surface area contributed by atoms with Gasteiger partial charge in [0.05, 0.1) is 22.5 Å². The molecule has 1 N–H and O–H groups in total. The molecule has 0 radical (unpaired) electrons. The number of nitrogens with zero attached hydrogens (tertiary/aromatic N) is 2.